The number of rotatable bonds is 2. The molecule has 0 bridgehead atoms. The van der Waals surface area contributed by atoms with Crippen LogP contribution in [0.1, 0.15) is 11.3 Å². The zero-order chi connectivity index (χ0) is 14.2. The molecule has 1 aromatic carbocycles. The molecule has 19 heavy (non-hydrogen) atoms. The van der Waals surface area contributed by atoms with E-state index >= 15 is 0 Å². The third-order valence-electron chi connectivity index (χ3n) is 2.54. The lowest BCUT2D eigenvalue weighted by Crippen LogP contribution is -2.15. The molecule has 2 N–H and O–H groups in total. The summed E-state index contributed by atoms with van der Waals surface area (Å²) in [7, 11) is 0. The summed E-state index contributed by atoms with van der Waals surface area (Å²) in [6, 6.07) is 6.84. The summed E-state index contributed by atoms with van der Waals surface area (Å²) in [6.45, 7) is 0. The van der Waals surface area contributed by atoms with Gasteiger partial charge >= 0.3 is 6.18 Å². The number of nitrogens with zero attached hydrogens (tertiary/aromatic N) is 1. The Morgan fingerprint density at radius 1 is 1.26 bits per heavy atom. The number of nitrogens with two attached hydrogens (primary N) is 1. The molecular formula is C12H8BrF3N2S. The third kappa shape index (κ3) is 2.82. The van der Waals surface area contributed by atoms with Crippen molar-refractivity contribution >= 4 is 33.1 Å². The molecule has 2 nitrogen and oxygen atoms in total. The van der Waals surface area contributed by atoms with E-state index < -0.39 is 11.7 Å². The lowest BCUT2D eigenvalue weighted by molar-refractivity contribution is -0.137. The highest BCUT2D eigenvalue weighted by Crippen LogP contribution is 2.33. The average Bonchev–Trinajstić information content (AvgIpc) is 2.76. The Balaban J connectivity index is 2.53. The van der Waals surface area contributed by atoms with Crippen LogP contribution < -0.4 is 5.73 Å². The topological polar surface area (TPSA) is 30.9 Å². The first kappa shape index (κ1) is 14.1. The lowest BCUT2D eigenvalue weighted by Gasteiger charge is -2.13. The molecule has 0 atom stereocenters. The summed E-state index contributed by atoms with van der Waals surface area (Å²) in [5, 5.41) is 0. The van der Waals surface area contributed by atoms with E-state index in [1.54, 1.807) is 22.9 Å². The molecule has 0 aliphatic carbocycles. The zero-order valence-corrected chi connectivity index (χ0v) is 11.8. The first-order valence-electron chi connectivity index (χ1n) is 5.15. The molecule has 0 amide bonds. The van der Waals surface area contributed by atoms with Gasteiger partial charge in [-0.05, 0) is 46.3 Å². The Bertz CT molecular complexity index is 634. The zero-order valence-electron chi connectivity index (χ0n) is 9.41. The largest absolute Gasteiger partial charge is 0.416 e. The fourth-order valence-electron chi connectivity index (χ4n) is 1.67. The Morgan fingerprint density at radius 3 is 2.47 bits per heavy atom. The van der Waals surface area contributed by atoms with Crippen molar-refractivity contribution in [3.63, 3.8) is 0 Å². The van der Waals surface area contributed by atoms with E-state index in [4.69, 9.17) is 18.0 Å². The van der Waals surface area contributed by atoms with Gasteiger partial charge in [0.1, 0.15) is 4.99 Å². The maximum absolute atomic E-state index is 12.6. The summed E-state index contributed by atoms with van der Waals surface area (Å²) in [5.74, 6) is 0. The number of thiocarbonyl (C=S) groups is 1. The molecule has 0 spiro atoms. The SMILES string of the molecule is NC(=S)c1cccn1-c1ccc(C(F)(F)F)cc1Br. The van der Waals surface area contributed by atoms with Gasteiger partial charge in [0.05, 0.1) is 16.9 Å². The van der Waals surface area contributed by atoms with Crippen LogP contribution in [0.15, 0.2) is 41.0 Å². The average molecular weight is 349 g/mol. The molecule has 0 unspecified atom stereocenters. The maximum Gasteiger partial charge on any atom is 0.416 e. The quantitative estimate of drug-likeness (QED) is 0.834. The third-order valence-corrected chi connectivity index (χ3v) is 3.38. The molecule has 2 aromatic rings. The first-order chi connectivity index (χ1) is 8.80. The van der Waals surface area contributed by atoms with Crippen LogP contribution in [0.4, 0.5) is 13.2 Å². The van der Waals surface area contributed by atoms with Crippen LogP contribution in [0.25, 0.3) is 5.69 Å². The molecule has 0 aliphatic rings. The van der Waals surface area contributed by atoms with E-state index in [2.05, 4.69) is 15.9 Å². The minimum Gasteiger partial charge on any atom is -0.388 e. The van der Waals surface area contributed by atoms with Crippen molar-refractivity contribution in [1.82, 2.24) is 4.57 Å². The summed E-state index contributed by atoms with van der Waals surface area (Å²) in [4.78, 5) is 0.178. The van der Waals surface area contributed by atoms with Crippen LogP contribution in [-0.2, 0) is 6.18 Å². The van der Waals surface area contributed by atoms with E-state index in [9.17, 15) is 13.2 Å². The number of aromatic nitrogens is 1. The molecule has 0 radical (unpaired) electrons. The molecule has 1 aromatic heterocycles. The van der Waals surface area contributed by atoms with Gasteiger partial charge in [-0.1, -0.05) is 12.2 Å². The van der Waals surface area contributed by atoms with Crippen LogP contribution in [0.3, 0.4) is 0 Å². The highest BCUT2D eigenvalue weighted by Gasteiger charge is 2.31. The number of halogens is 4. The molecule has 0 aliphatic heterocycles. The van der Waals surface area contributed by atoms with Gasteiger partial charge in [0.15, 0.2) is 0 Å². The van der Waals surface area contributed by atoms with Gasteiger partial charge in [0.2, 0.25) is 0 Å². The second-order valence-corrected chi connectivity index (χ2v) is 5.09. The second kappa shape index (κ2) is 4.97. The lowest BCUT2D eigenvalue weighted by atomic mass is 10.2. The summed E-state index contributed by atoms with van der Waals surface area (Å²) in [6.07, 6.45) is -2.69. The summed E-state index contributed by atoms with van der Waals surface area (Å²) >= 11 is 8.03. The number of hydrogen-bond acceptors (Lipinski definition) is 1. The van der Waals surface area contributed by atoms with Gasteiger partial charge < -0.3 is 10.3 Å². The monoisotopic (exact) mass is 348 g/mol. The number of alkyl halides is 3. The van der Waals surface area contributed by atoms with Gasteiger partial charge in [-0.15, -0.1) is 0 Å². The van der Waals surface area contributed by atoms with Gasteiger partial charge in [0, 0.05) is 10.7 Å². The predicted octanol–water partition coefficient (Wildman–Crippen LogP) is 3.89. The molecule has 7 heteroatoms. The normalized spacial score (nSPS) is 11.6. The molecule has 2 rings (SSSR count). The number of benzene rings is 1. The van der Waals surface area contributed by atoms with Crippen LogP contribution in [-0.4, -0.2) is 9.56 Å². The van der Waals surface area contributed by atoms with Crippen LogP contribution >= 0.6 is 28.1 Å². The van der Waals surface area contributed by atoms with Gasteiger partial charge in [-0.25, -0.2) is 0 Å². The molecule has 1 heterocycles. The van der Waals surface area contributed by atoms with Crippen molar-refractivity contribution < 1.29 is 13.2 Å². The van der Waals surface area contributed by atoms with E-state index in [1.807, 2.05) is 0 Å². The fourth-order valence-corrected chi connectivity index (χ4v) is 2.41. The van der Waals surface area contributed by atoms with Gasteiger partial charge in [-0.3, -0.25) is 0 Å². The highest BCUT2D eigenvalue weighted by atomic mass is 79.9. The smallest absolute Gasteiger partial charge is 0.388 e. The van der Waals surface area contributed by atoms with Gasteiger partial charge in [-0.2, -0.15) is 13.2 Å². The van der Waals surface area contributed by atoms with Crippen molar-refractivity contribution in [3.8, 4) is 5.69 Å². The van der Waals surface area contributed by atoms with E-state index in [0.717, 1.165) is 12.1 Å². The number of hydrogen-bond donors (Lipinski definition) is 1. The molecule has 0 saturated heterocycles. The minimum atomic E-state index is -4.37. The second-order valence-electron chi connectivity index (χ2n) is 3.79. The van der Waals surface area contributed by atoms with Crippen LogP contribution in [0.2, 0.25) is 0 Å². The maximum atomic E-state index is 12.6. The molecule has 0 saturated carbocycles. The van der Waals surface area contributed by atoms with Crippen LogP contribution in [0.5, 0.6) is 0 Å². The van der Waals surface area contributed by atoms with Crippen molar-refractivity contribution in [2.45, 2.75) is 6.18 Å². The van der Waals surface area contributed by atoms with Crippen molar-refractivity contribution in [3.05, 3.63) is 52.3 Å². The summed E-state index contributed by atoms with van der Waals surface area (Å²) in [5.41, 5.74) is 5.95. The summed E-state index contributed by atoms with van der Waals surface area (Å²) < 4.78 is 39.7. The molecular weight excluding hydrogens is 341 g/mol. The van der Waals surface area contributed by atoms with Crippen molar-refractivity contribution in [2.24, 2.45) is 5.73 Å². The predicted molar refractivity (Wildman–Crippen MR) is 74.4 cm³/mol. The Morgan fingerprint density at radius 2 is 1.95 bits per heavy atom. The Kier molecular flexibility index (Phi) is 3.69. The van der Waals surface area contributed by atoms with Crippen molar-refractivity contribution in [1.29, 1.82) is 0 Å². The van der Waals surface area contributed by atoms with Gasteiger partial charge in [0.25, 0.3) is 0 Å². The molecule has 0 fully saturated rings. The van der Waals surface area contributed by atoms with Crippen LogP contribution in [0, 0.1) is 0 Å². The fraction of sp³-hybridized carbons (Fsp3) is 0.0833. The minimum absolute atomic E-state index is 0.178. The van der Waals surface area contributed by atoms with E-state index in [1.165, 1.54) is 6.07 Å². The standard InChI is InChI=1S/C12H8BrF3N2S/c13-8-6-7(12(14,15)16)3-4-9(8)18-5-1-2-10(18)11(17)19/h1-6H,(H2,17,19). The molecule has 100 valence electrons. The Hall–Kier alpha value is -1.34. The first-order valence-corrected chi connectivity index (χ1v) is 6.35. The Labute approximate surface area is 121 Å². The highest BCUT2D eigenvalue weighted by molar-refractivity contribution is 9.10. The van der Waals surface area contributed by atoms with E-state index in [-0.39, 0.29) is 4.99 Å². The van der Waals surface area contributed by atoms with E-state index in [0.29, 0.717) is 15.9 Å². The van der Waals surface area contributed by atoms with Crippen molar-refractivity contribution in [2.75, 3.05) is 0 Å².